The van der Waals surface area contributed by atoms with Crippen molar-refractivity contribution in [1.82, 2.24) is 9.97 Å². The van der Waals surface area contributed by atoms with Gasteiger partial charge in [0.25, 0.3) is 0 Å². The summed E-state index contributed by atoms with van der Waals surface area (Å²) in [6.45, 7) is 0. The zero-order valence-corrected chi connectivity index (χ0v) is 34.6. The third kappa shape index (κ3) is 5.70. The smallest absolute Gasteiger partial charge is 0.160 e. The van der Waals surface area contributed by atoms with Crippen molar-refractivity contribution in [3.63, 3.8) is 0 Å². The molecule has 0 atom stereocenters. The highest BCUT2D eigenvalue weighted by Gasteiger charge is 2.46. The van der Waals surface area contributed by atoms with E-state index in [0.717, 1.165) is 33.6 Å². The fraction of sp³-hybridized carbons (Fsp3) is 0.0169. The minimum atomic E-state index is -0.503. The van der Waals surface area contributed by atoms with Gasteiger partial charge in [-0.15, -0.1) is 11.3 Å². The molecule has 11 aromatic rings. The topological polar surface area (TPSA) is 25.8 Å². The molecular formula is C59H38N2S. The van der Waals surface area contributed by atoms with Crippen LogP contribution in [0, 0.1) is 0 Å². The number of rotatable bonds is 7. The summed E-state index contributed by atoms with van der Waals surface area (Å²) in [6.07, 6.45) is 0. The van der Waals surface area contributed by atoms with E-state index in [0.29, 0.717) is 5.82 Å². The number of hydrogen-bond donors (Lipinski definition) is 0. The first-order valence-corrected chi connectivity index (χ1v) is 22.0. The molecule has 2 heterocycles. The van der Waals surface area contributed by atoms with E-state index >= 15 is 0 Å². The first-order chi connectivity index (χ1) is 30.8. The zero-order valence-electron chi connectivity index (χ0n) is 33.7. The highest BCUT2D eigenvalue weighted by molar-refractivity contribution is 7.26. The van der Waals surface area contributed by atoms with Crippen LogP contribution in [0.3, 0.4) is 0 Å². The largest absolute Gasteiger partial charge is 0.228 e. The summed E-state index contributed by atoms with van der Waals surface area (Å²) in [5.41, 5.74) is 16.7. The highest BCUT2D eigenvalue weighted by Crippen LogP contribution is 2.58. The van der Waals surface area contributed by atoms with Crippen LogP contribution in [0.2, 0.25) is 0 Å². The van der Waals surface area contributed by atoms with E-state index in [9.17, 15) is 0 Å². The van der Waals surface area contributed by atoms with Crippen LogP contribution >= 0.6 is 11.3 Å². The number of aromatic nitrogens is 2. The minimum Gasteiger partial charge on any atom is -0.228 e. The lowest BCUT2D eigenvalue weighted by molar-refractivity contribution is 0.768. The van der Waals surface area contributed by atoms with Gasteiger partial charge in [0.1, 0.15) is 0 Å². The van der Waals surface area contributed by atoms with Gasteiger partial charge in [0.15, 0.2) is 5.82 Å². The van der Waals surface area contributed by atoms with Gasteiger partial charge in [-0.1, -0.05) is 218 Å². The van der Waals surface area contributed by atoms with Gasteiger partial charge in [-0.2, -0.15) is 0 Å². The van der Waals surface area contributed by atoms with Crippen molar-refractivity contribution >= 4 is 31.5 Å². The zero-order chi connectivity index (χ0) is 41.0. The molecule has 1 aliphatic rings. The van der Waals surface area contributed by atoms with Crippen LogP contribution in [0.25, 0.3) is 87.5 Å². The number of benzene rings is 9. The standard InChI is InChI=1S/C59H38N2S/c1-4-18-41(19-5-1)58-60-53(40-36-34-39(35-37-40)44-24-10-11-25-45(44)47-28-16-29-48-46-26-13-15-33-55(46)62-57(47)48)38-54(61-58)50-30-17-32-52-56(50)49-27-12-14-31-51(49)59(52,42-20-6-2-7-21-42)43-22-8-3-9-23-43/h1-38H. The lowest BCUT2D eigenvalue weighted by Crippen LogP contribution is -2.28. The summed E-state index contributed by atoms with van der Waals surface area (Å²) in [5.74, 6) is 0.699. The fourth-order valence-electron chi connectivity index (χ4n) is 9.91. The molecule has 2 nitrogen and oxygen atoms in total. The van der Waals surface area contributed by atoms with Crippen molar-refractivity contribution in [2.24, 2.45) is 0 Å². The van der Waals surface area contributed by atoms with E-state index in [1.807, 2.05) is 17.4 Å². The van der Waals surface area contributed by atoms with Crippen LogP contribution in [-0.2, 0) is 5.41 Å². The molecule has 0 saturated carbocycles. The molecule has 0 bridgehead atoms. The fourth-order valence-corrected chi connectivity index (χ4v) is 11.1. The summed E-state index contributed by atoms with van der Waals surface area (Å²) in [4.78, 5) is 10.7. The van der Waals surface area contributed by atoms with Gasteiger partial charge in [0, 0.05) is 42.4 Å². The Morgan fingerprint density at radius 2 is 0.871 bits per heavy atom. The molecule has 0 amide bonds. The second-order valence-corrected chi connectivity index (χ2v) is 17.0. The van der Waals surface area contributed by atoms with E-state index in [-0.39, 0.29) is 0 Å². The third-order valence-electron chi connectivity index (χ3n) is 12.6. The van der Waals surface area contributed by atoms with Crippen molar-refractivity contribution in [1.29, 1.82) is 0 Å². The SMILES string of the molecule is c1ccc(-c2nc(-c3ccc(-c4ccccc4-c4cccc5c4sc4ccccc45)cc3)cc(-c3cccc4c3-c3ccccc3C4(c3ccccc3)c3ccccc3)n2)cc1. The second kappa shape index (κ2) is 14.8. The maximum Gasteiger partial charge on any atom is 0.160 e. The summed E-state index contributed by atoms with van der Waals surface area (Å²) >= 11 is 1.87. The number of fused-ring (bicyclic) bond motifs is 6. The molecule has 0 unspecified atom stereocenters. The minimum absolute atomic E-state index is 0.503. The van der Waals surface area contributed by atoms with Gasteiger partial charge in [0.05, 0.1) is 16.8 Å². The molecule has 9 aromatic carbocycles. The molecule has 2 aromatic heterocycles. The van der Waals surface area contributed by atoms with Crippen molar-refractivity contribution in [3.05, 3.63) is 253 Å². The van der Waals surface area contributed by atoms with Gasteiger partial charge in [-0.05, 0) is 62.2 Å². The van der Waals surface area contributed by atoms with Crippen LogP contribution in [0.1, 0.15) is 22.3 Å². The Balaban J connectivity index is 1.02. The first-order valence-electron chi connectivity index (χ1n) is 21.2. The Morgan fingerprint density at radius 3 is 1.63 bits per heavy atom. The van der Waals surface area contributed by atoms with E-state index in [4.69, 9.17) is 9.97 Å². The predicted molar refractivity (Wildman–Crippen MR) is 259 cm³/mol. The quantitative estimate of drug-likeness (QED) is 0.160. The summed E-state index contributed by atoms with van der Waals surface area (Å²) in [5, 5.41) is 2.62. The summed E-state index contributed by atoms with van der Waals surface area (Å²) in [7, 11) is 0. The molecule has 0 spiro atoms. The number of hydrogen-bond acceptors (Lipinski definition) is 3. The number of nitrogens with zero attached hydrogens (tertiary/aromatic N) is 2. The van der Waals surface area contributed by atoms with Crippen LogP contribution < -0.4 is 0 Å². The Bertz CT molecular complexity index is 3400. The Hall–Kier alpha value is -7.72. The van der Waals surface area contributed by atoms with E-state index < -0.39 is 5.41 Å². The van der Waals surface area contributed by atoms with E-state index in [2.05, 4.69) is 224 Å². The monoisotopic (exact) mass is 806 g/mol. The molecule has 290 valence electrons. The normalized spacial score (nSPS) is 12.6. The third-order valence-corrected chi connectivity index (χ3v) is 13.8. The lowest BCUT2D eigenvalue weighted by atomic mass is 9.67. The molecule has 0 aliphatic heterocycles. The Labute approximate surface area is 365 Å². The maximum atomic E-state index is 5.38. The summed E-state index contributed by atoms with van der Waals surface area (Å²) in [6, 6.07) is 83.3. The van der Waals surface area contributed by atoms with Gasteiger partial charge in [0.2, 0.25) is 0 Å². The Morgan fingerprint density at radius 1 is 0.339 bits per heavy atom. The summed E-state index contributed by atoms with van der Waals surface area (Å²) < 4.78 is 2.63. The molecule has 62 heavy (non-hydrogen) atoms. The average molecular weight is 807 g/mol. The lowest BCUT2D eigenvalue weighted by Gasteiger charge is -2.33. The molecule has 1 aliphatic carbocycles. The van der Waals surface area contributed by atoms with Gasteiger partial charge < -0.3 is 0 Å². The van der Waals surface area contributed by atoms with Crippen molar-refractivity contribution in [2.45, 2.75) is 5.41 Å². The van der Waals surface area contributed by atoms with Gasteiger partial charge in [-0.3, -0.25) is 0 Å². The van der Waals surface area contributed by atoms with Crippen LogP contribution in [0.5, 0.6) is 0 Å². The molecule has 12 rings (SSSR count). The Kier molecular flexibility index (Phi) is 8.62. The molecule has 0 N–H and O–H groups in total. The molecule has 0 radical (unpaired) electrons. The predicted octanol–water partition coefficient (Wildman–Crippen LogP) is 15.5. The van der Waals surface area contributed by atoms with Gasteiger partial charge in [-0.25, -0.2) is 9.97 Å². The molecule has 0 saturated heterocycles. The highest BCUT2D eigenvalue weighted by atomic mass is 32.1. The van der Waals surface area contributed by atoms with Gasteiger partial charge >= 0.3 is 0 Å². The van der Waals surface area contributed by atoms with Crippen molar-refractivity contribution in [3.8, 4) is 67.3 Å². The van der Waals surface area contributed by atoms with E-state index in [1.165, 1.54) is 70.2 Å². The second-order valence-electron chi connectivity index (χ2n) is 16.0. The van der Waals surface area contributed by atoms with E-state index in [1.54, 1.807) is 0 Å². The van der Waals surface area contributed by atoms with Crippen LogP contribution in [0.4, 0.5) is 0 Å². The van der Waals surface area contributed by atoms with Crippen LogP contribution in [0.15, 0.2) is 231 Å². The molecular weight excluding hydrogens is 769 g/mol. The molecule has 0 fully saturated rings. The first kappa shape index (κ1) is 36.2. The van der Waals surface area contributed by atoms with Crippen LogP contribution in [-0.4, -0.2) is 9.97 Å². The van der Waals surface area contributed by atoms with Crippen molar-refractivity contribution in [2.75, 3.05) is 0 Å². The number of thiophene rings is 1. The molecule has 3 heteroatoms. The average Bonchev–Trinajstić information content (AvgIpc) is 3.89. The maximum absolute atomic E-state index is 5.38. The van der Waals surface area contributed by atoms with Crippen molar-refractivity contribution < 1.29 is 0 Å².